The Bertz CT molecular complexity index is 1240. The van der Waals surface area contributed by atoms with Crippen LogP contribution in [0.4, 0.5) is 0 Å². The molecule has 0 unspecified atom stereocenters. The van der Waals surface area contributed by atoms with Crippen LogP contribution in [0.3, 0.4) is 0 Å². The first-order valence-electron chi connectivity index (χ1n) is 14.2. The van der Waals surface area contributed by atoms with Crippen LogP contribution in [0, 0.1) is 12.8 Å². The van der Waals surface area contributed by atoms with Gasteiger partial charge in [-0.15, -0.1) is 0 Å². The Balaban J connectivity index is 0.000000205. The number of H-pyrrole nitrogens is 1. The number of rotatable bonds is 3. The molecule has 2 saturated carbocycles. The number of aliphatic hydroxyl groups excluding tert-OH is 1. The summed E-state index contributed by atoms with van der Waals surface area (Å²) in [5, 5.41) is 9.00. The molecule has 0 saturated heterocycles. The van der Waals surface area contributed by atoms with Crippen LogP contribution in [0.5, 0.6) is 0 Å². The lowest BCUT2D eigenvalue weighted by Gasteiger charge is -2.23. The maximum atomic E-state index is 9.00. The highest BCUT2D eigenvalue weighted by Crippen LogP contribution is 2.34. The molecule has 0 amide bonds. The van der Waals surface area contributed by atoms with Crippen molar-refractivity contribution in [3.8, 4) is 11.1 Å². The van der Waals surface area contributed by atoms with E-state index in [2.05, 4.69) is 51.8 Å². The molecule has 6 rings (SSSR count). The van der Waals surface area contributed by atoms with E-state index in [0.29, 0.717) is 18.6 Å². The smallest absolute Gasteiger partial charge is 0.0961 e. The van der Waals surface area contributed by atoms with Crippen molar-refractivity contribution in [1.82, 2.24) is 19.5 Å². The third kappa shape index (κ3) is 5.83. The highest BCUT2D eigenvalue weighted by molar-refractivity contribution is 5.94. The van der Waals surface area contributed by atoms with Crippen LogP contribution >= 0.6 is 0 Å². The van der Waals surface area contributed by atoms with Crippen LogP contribution in [0.2, 0.25) is 0 Å². The minimum absolute atomic E-state index is 0.417. The third-order valence-corrected chi connectivity index (χ3v) is 8.25. The van der Waals surface area contributed by atoms with Gasteiger partial charge in [0, 0.05) is 18.2 Å². The molecule has 2 heterocycles. The molecule has 5 heteroatoms. The summed E-state index contributed by atoms with van der Waals surface area (Å²) in [5.41, 5.74) is 8.03. The maximum absolute atomic E-state index is 9.00. The summed E-state index contributed by atoms with van der Waals surface area (Å²) in [5.74, 6) is 0.619. The van der Waals surface area contributed by atoms with Gasteiger partial charge in [-0.3, -0.25) is 0 Å². The number of hydrogen-bond donors (Lipinski definition) is 2. The van der Waals surface area contributed by atoms with Gasteiger partial charge in [-0.05, 0) is 73.9 Å². The number of nitrogens with one attached hydrogen (secondary N) is 1. The lowest BCUT2D eigenvalue weighted by molar-refractivity contribution is 0.207. The quantitative estimate of drug-likeness (QED) is 0.307. The molecule has 4 aromatic rings. The first kappa shape index (κ1) is 25.0. The second-order valence-electron chi connectivity index (χ2n) is 11.0. The molecule has 0 radical (unpaired) electrons. The van der Waals surface area contributed by atoms with Crippen LogP contribution in [0.15, 0.2) is 43.0 Å². The van der Waals surface area contributed by atoms with Gasteiger partial charge in [-0.1, -0.05) is 63.9 Å². The number of imidazole rings is 2. The third-order valence-electron chi connectivity index (χ3n) is 8.25. The summed E-state index contributed by atoms with van der Waals surface area (Å²) in [6, 6.07) is 11.6. The summed E-state index contributed by atoms with van der Waals surface area (Å²) >= 11 is 0. The van der Waals surface area contributed by atoms with Crippen LogP contribution < -0.4 is 0 Å². The van der Waals surface area contributed by atoms with Crippen molar-refractivity contribution in [2.24, 2.45) is 5.92 Å². The van der Waals surface area contributed by atoms with E-state index in [1.165, 1.54) is 106 Å². The van der Waals surface area contributed by atoms with Gasteiger partial charge in [0.1, 0.15) is 0 Å². The number of aromatic amines is 1. The van der Waals surface area contributed by atoms with Crippen molar-refractivity contribution in [2.75, 3.05) is 6.61 Å². The Morgan fingerprint density at radius 3 is 2.31 bits per heavy atom. The lowest BCUT2D eigenvalue weighted by atomic mass is 9.95. The normalized spacial score (nSPS) is 18.4. The molecule has 2 aliphatic carbocycles. The highest BCUT2D eigenvalue weighted by atomic mass is 16.3. The maximum Gasteiger partial charge on any atom is 0.0961 e. The van der Waals surface area contributed by atoms with Gasteiger partial charge in [0.05, 0.1) is 34.7 Å². The Kier molecular flexibility index (Phi) is 8.37. The second kappa shape index (κ2) is 12.1. The number of fused-ring (bicyclic) bond motifs is 2. The van der Waals surface area contributed by atoms with Gasteiger partial charge in [0.15, 0.2) is 0 Å². The van der Waals surface area contributed by atoms with E-state index >= 15 is 0 Å². The summed E-state index contributed by atoms with van der Waals surface area (Å²) in [4.78, 5) is 12.4. The van der Waals surface area contributed by atoms with Crippen LogP contribution in [0.1, 0.15) is 95.1 Å². The number of benzene rings is 2. The van der Waals surface area contributed by atoms with E-state index < -0.39 is 0 Å². The van der Waals surface area contributed by atoms with Crippen LogP contribution in [0.25, 0.3) is 33.2 Å². The Morgan fingerprint density at radius 2 is 1.56 bits per heavy atom. The first-order valence-corrected chi connectivity index (χ1v) is 14.2. The topological polar surface area (TPSA) is 66.7 Å². The number of nitrogens with zero attached hydrogens (tertiary/aromatic N) is 3. The lowest BCUT2D eigenvalue weighted by Crippen LogP contribution is -2.11. The number of hydrogen-bond acceptors (Lipinski definition) is 3. The van der Waals surface area contributed by atoms with E-state index in [0.717, 1.165) is 16.6 Å². The number of aliphatic hydroxyl groups is 1. The standard InChI is InChI=1S/C21H22N4.C10H20O/c1-14-9-17(21-19(10-14)22-12-23-21)15-7-8-20-18(11-15)24-13-25(20)16-5-3-2-4-6-16;11-9-10-7-5-3-1-2-4-6-8-10/h7-13,16H,2-6H2,1H3,(H,22,23);10-11H,1-9H2. The zero-order chi connectivity index (χ0) is 24.7. The minimum atomic E-state index is 0.417. The molecule has 192 valence electrons. The molecule has 2 aromatic heterocycles. The fourth-order valence-corrected chi connectivity index (χ4v) is 6.16. The van der Waals surface area contributed by atoms with Crippen molar-refractivity contribution in [2.45, 2.75) is 96.4 Å². The van der Waals surface area contributed by atoms with Gasteiger partial charge in [-0.25, -0.2) is 9.97 Å². The monoisotopic (exact) mass is 486 g/mol. The molecule has 36 heavy (non-hydrogen) atoms. The molecule has 0 spiro atoms. The van der Waals surface area contributed by atoms with E-state index in [1.54, 1.807) is 6.33 Å². The molecule has 2 N–H and O–H groups in total. The Morgan fingerprint density at radius 1 is 0.861 bits per heavy atom. The molecule has 2 aliphatic rings. The van der Waals surface area contributed by atoms with E-state index in [4.69, 9.17) is 10.1 Å². The van der Waals surface area contributed by atoms with Crippen molar-refractivity contribution < 1.29 is 5.11 Å². The summed E-state index contributed by atoms with van der Waals surface area (Å²) < 4.78 is 2.39. The predicted molar refractivity (Wildman–Crippen MR) is 149 cm³/mol. The fourth-order valence-electron chi connectivity index (χ4n) is 6.16. The zero-order valence-corrected chi connectivity index (χ0v) is 21.9. The van der Waals surface area contributed by atoms with Crippen LogP contribution in [-0.4, -0.2) is 31.2 Å². The van der Waals surface area contributed by atoms with E-state index in [9.17, 15) is 0 Å². The molecular formula is C31H42N4O. The predicted octanol–water partition coefficient (Wildman–Crippen LogP) is 8.12. The average Bonchev–Trinajstić information content (AvgIpc) is 3.58. The zero-order valence-electron chi connectivity index (χ0n) is 21.9. The summed E-state index contributed by atoms with van der Waals surface area (Å²) in [6.45, 7) is 2.54. The number of aromatic nitrogens is 4. The van der Waals surface area contributed by atoms with Crippen LogP contribution in [-0.2, 0) is 0 Å². The van der Waals surface area contributed by atoms with Crippen molar-refractivity contribution in [1.29, 1.82) is 0 Å². The summed E-state index contributed by atoms with van der Waals surface area (Å²) in [7, 11) is 0. The van der Waals surface area contributed by atoms with E-state index in [1.807, 2.05) is 6.33 Å². The molecule has 5 nitrogen and oxygen atoms in total. The molecule has 0 bridgehead atoms. The van der Waals surface area contributed by atoms with Gasteiger partial charge in [0.2, 0.25) is 0 Å². The van der Waals surface area contributed by atoms with Crippen molar-refractivity contribution in [3.63, 3.8) is 0 Å². The van der Waals surface area contributed by atoms with Crippen molar-refractivity contribution >= 4 is 22.1 Å². The van der Waals surface area contributed by atoms with Gasteiger partial charge < -0.3 is 14.7 Å². The largest absolute Gasteiger partial charge is 0.396 e. The highest BCUT2D eigenvalue weighted by Gasteiger charge is 2.18. The second-order valence-corrected chi connectivity index (χ2v) is 11.0. The van der Waals surface area contributed by atoms with Gasteiger partial charge >= 0.3 is 0 Å². The number of aryl methyl sites for hydroxylation is 1. The molecule has 0 atom stereocenters. The molecule has 2 fully saturated rings. The SMILES string of the molecule is Cc1cc(-c2ccc3c(c2)ncn3C2CCCCC2)c2nc[nH]c2c1.OCC1CCCCCCCC1. The average molecular weight is 487 g/mol. The minimum Gasteiger partial charge on any atom is -0.396 e. The Hall–Kier alpha value is -2.66. The van der Waals surface area contributed by atoms with Crippen molar-refractivity contribution in [3.05, 3.63) is 48.5 Å². The van der Waals surface area contributed by atoms with Gasteiger partial charge in [-0.2, -0.15) is 0 Å². The fraction of sp³-hybridized carbons (Fsp3) is 0.548. The first-order chi connectivity index (χ1) is 17.7. The van der Waals surface area contributed by atoms with E-state index in [-0.39, 0.29) is 0 Å². The Labute approximate surface area is 215 Å². The molecule has 2 aromatic carbocycles. The molecular weight excluding hydrogens is 444 g/mol. The molecule has 0 aliphatic heterocycles. The van der Waals surface area contributed by atoms with Gasteiger partial charge in [0.25, 0.3) is 0 Å². The summed E-state index contributed by atoms with van der Waals surface area (Å²) in [6.07, 6.45) is 21.2.